The van der Waals surface area contributed by atoms with E-state index in [0.29, 0.717) is 11.4 Å². The first kappa shape index (κ1) is 26.0. The number of aryl methyl sites for hydroxylation is 1. The molecule has 5 rings (SSSR count). The number of hydrogen-bond donors (Lipinski definition) is 2. The molecule has 0 saturated heterocycles. The van der Waals surface area contributed by atoms with Crippen LogP contribution in [0.4, 0.5) is 17.1 Å². The lowest BCUT2D eigenvalue weighted by Crippen LogP contribution is -2.64. The van der Waals surface area contributed by atoms with Gasteiger partial charge in [-0.2, -0.15) is 10.1 Å². The molecule has 1 aliphatic rings. The molecule has 1 atom stereocenters. The van der Waals surface area contributed by atoms with E-state index >= 15 is 0 Å². The van der Waals surface area contributed by atoms with Crippen molar-refractivity contribution in [2.24, 2.45) is 5.10 Å². The van der Waals surface area contributed by atoms with Gasteiger partial charge in [0.1, 0.15) is 5.71 Å². The van der Waals surface area contributed by atoms with Crippen molar-refractivity contribution in [3.8, 4) is 0 Å². The number of amides is 2. The van der Waals surface area contributed by atoms with Gasteiger partial charge in [0, 0.05) is 37.0 Å². The Morgan fingerprint density at radius 3 is 2.31 bits per heavy atom. The number of hydrogen-bond acceptors (Lipinski definition) is 5. The molecule has 0 fully saturated rings. The molecule has 0 saturated carbocycles. The maximum Gasteiger partial charge on any atom is 0.300 e. The first-order chi connectivity index (χ1) is 18.9. The van der Waals surface area contributed by atoms with Crippen molar-refractivity contribution in [2.75, 3.05) is 28.3 Å². The van der Waals surface area contributed by atoms with Crippen molar-refractivity contribution in [3.05, 3.63) is 102 Å². The number of hydrazone groups is 1. The van der Waals surface area contributed by atoms with Crippen LogP contribution in [0.25, 0.3) is 10.8 Å². The fraction of sp³-hybridized carbons (Fsp3) is 0.219. The molecule has 0 aliphatic carbocycles. The monoisotopic (exact) mass is 519 g/mol. The van der Waals surface area contributed by atoms with Gasteiger partial charge in [0.2, 0.25) is 11.6 Å². The molecule has 39 heavy (non-hydrogen) atoms. The number of para-hydroxylation sites is 1. The van der Waals surface area contributed by atoms with Gasteiger partial charge in [-0.1, -0.05) is 60.7 Å². The lowest BCUT2D eigenvalue weighted by atomic mass is 9.91. The average molecular weight is 520 g/mol. The summed E-state index contributed by atoms with van der Waals surface area (Å²) in [5, 5.41) is 14.6. The van der Waals surface area contributed by atoms with E-state index in [9.17, 15) is 9.59 Å². The molecule has 0 aromatic heterocycles. The molecule has 2 amide bonds. The minimum atomic E-state index is -1.63. The van der Waals surface area contributed by atoms with Gasteiger partial charge >= 0.3 is 5.91 Å². The van der Waals surface area contributed by atoms with Gasteiger partial charge in [-0.15, -0.1) is 0 Å². The van der Waals surface area contributed by atoms with Crippen LogP contribution in [-0.4, -0.2) is 36.3 Å². The van der Waals surface area contributed by atoms with Gasteiger partial charge in [-0.25, -0.2) is 0 Å². The predicted octanol–water partition coefficient (Wildman–Crippen LogP) is 5.69. The zero-order valence-corrected chi connectivity index (χ0v) is 22.7. The largest absolute Gasteiger partial charge is 0.372 e. The van der Waals surface area contributed by atoms with Crippen molar-refractivity contribution in [1.82, 2.24) is 5.32 Å². The molecule has 2 N–H and O–H groups in total. The summed E-state index contributed by atoms with van der Waals surface area (Å²) in [6, 6.07) is 29.2. The van der Waals surface area contributed by atoms with Gasteiger partial charge in [-0.3, -0.25) is 9.59 Å². The van der Waals surface area contributed by atoms with E-state index in [0.717, 1.165) is 46.4 Å². The first-order valence-electron chi connectivity index (χ1n) is 13.3. The van der Waals surface area contributed by atoms with Crippen molar-refractivity contribution in [2.45, 2.75) is 33.4 Å². The predicted molar refractivity (Wildman–Crippen MR) is 159 cm³/mol. The van der Waals surface area contributed by atoms with E-state index in [1.165, 1.54) is 11.9 Å². The number of carbonyl (C=O) groups excluding carboxylic acids is 2. The molecular formula is C32H33N5O2. The number of anilines is 3. The highest BCUT2D eigenvalue weighted by atomic mass is 16.2. The highest BCUT2D eigenvalue weighted by molar-refractivity contribution is 6.33. The summed E-state index contributed by atoms with van der Waals surface area (Å²) in [5.74, 6) is -0.741. The minimum Gasteiger partial charge on any atom is -0.372 e. The molecule has 1 unspecified atom stereocenters. The van der Waals surface area contributed by atoms with E-state index in [1.54, 1.807) is 0 Å². The van der Waals surface area contributed by atoms with Gasteiger partial charge < -0.3 is 15.5 Å². The normalized spacial score (nSPS) is 16.8. The number of rotatable bonds is 8. The Bertz CT molecular complexity index is 1560. The highest BCUT2D eigenvalue weighted by Gasteiger charge is 2.54. The molecular weight excluding hydrogens is 486 g/mol. The Balaban J connectivity index is 1.71. The summed E-state index contributed by atoms with van der Waals surface area (Å²) < 4.78 is 0. The van der Waals surface area contributed by atoms with Crippen LogP contribution >= 0.6 is 0 Å². The number of carbonyl (C=O) groups is 2. The van der Waals surface area contributed by atoms with E-state index in [-0.39, 0.29) is 11.8 Å². The van der Waals surface area contributed by atoms with Crippen LogP contribution in [0.2, 0.25) is 0 Å². The van der Waals surface area contributed by atoms with Crippen LogP contribution in [0.1, 0.15) is 31.9 Å². The Kier molecular flexibility index (Phi) is 7.07. The number of nitrogens with one attached hydrogen (secondary N) is 2. The Morgan fingerprint density at radius 1 is 0.923 bits per heavy atom. The molecule has 0 radical (unpaired) electrons. The number of benzene rings is 4. The van der Waals surface area contributed by atoms with Crippen LogP contribution < -0.4 is 20.5 Å². The SMILES string of the molecule is CCN(CC)c1ccc(NC2(NC(C)=O)C(=O)N(c3ccccc3)N=C2c2cccc3ccccc23)c(C)c1. The number of nitrogens with zero attached hydrogens (tertiary/aromatic N) is 3. The second kappa shape index (κ2) is 10.6. The van der Waals surface area contributed by atoms with Crippen LogP contribution in [0.15, 0.2) is 96.1 Å². The molecule has 7 heteroatoms. The second-order valence-corrected chi connectivity index (χ2v) is 9.66. The quantitative estimate of drug-likeness (QED) is 0.293. The maximum absolute atomic E-state index is 14.4. The van der Waals surface area contributed by atoms with E-state index in [1.807, 2.05) is 91.9 Å². The molecule has 4 aromatic carbocycles. The third-order valence-corrected chi connectivity index (χ3v) is 7.14. The Morgan fingerprint density at radius 2 is 1.62 bits per heavy atom. The van der Waals surface area contributed by atoms with E-state index in [2.05, 4.69) is 35.4 Å². The van der Waals surface area contributed by atoms with Crippen molar-refractivity contribution in [3.63, 3.8) is 0 Å². The molecule has 0 spiro atoms. The van der Waals surface area contributed by atoms with E-state index < -0.39 is 5.66 Å². The molecule has 0 bridgehead atoms. The minimum absolute atomic E-state index is 0.351. The summed E-state index contributed by atoms with van der Waals surface area (Å²) in [7, 11) is 0. The maximum atomic E-state index is 14.4. The summed E-state index contributed by atoms with van der Waals surface area (Å²) in [4.78, 5) is 29.4. The molecule has 1 heterocycles. The Hall–Kier alpha value is -4.65. The smallest absolute Gasteiger partial charge is 0.300 e. The van der Waals surface area contributed by atoms with Crippen molar-refractivity contribution < 1.29 is 9.59 Å². The first-order valence-corrected chi connectivity index (χ1v) is 13.3. The lowest BCUT2D eigenvalue weighted by molar-refractivity contribution is -0.127. The van der Waals surface area contributed by atoms with Crippen LogP contribution in [0.3, 0.4) is 0 Å². The third kappa shape index (κ3) is 4.72. The third-order valence-electron chi connectivity index (χ3n) is 7.14. The summed E-state index contributed by atoms with van der Waals surface area (Å²) in [5.41, 5.74) is 2.95. The molecule has 1 aliphatic heterocycles. The summed E-state index contributed by atoms with van der Waals surface area (Å²) in [6.45, 7) is 9.44. The van der Waals surface area contributed by atoms with Gasteiger partial charge in [0.15, 0.2) is 0 Å². The van der Waals surface area contributed by atoms with Crippen LogP contribution in [0, 0.1) is 6.92 Å². The van der Waals surface area contributed by atoms with Crippen LogP contribution in [-0.2, 0) is 9.59 Å². The zero-order chi connectivity index (χ0) is 27.6. The van der Waals surface area contributed by atoms with Gasteiger partial charge in [0.25, 0.3) is 0 Å². The summed E-state index contributed by atoms with van der Waals surface area (Å²) in [6.07, 6.45) is 0. The zero-order valence-electron chi connectivity index (χ0n) is 22.7. The van der Waals surface area contributed by atoms with E-state index in [4.69, 9.17) is 5.10 Å². The van der Waals surface area contributed by atoms with Crippen LogP contribution in [0.5, 0.6) is 0 Å². The molecule has 198 valence electrons. The standard InChI is InChI=1S/C32H33N5O2/c1-5-36(6-2)26-19-20-29(22(3)21-26)34-32(33-23(4)38)30(28-18-12-14-24-13-10-11-17-27(24)28)35-37(31(32)39)25-15-8-7-9-16-25/h7-21,34H,5-6H2,1-4H3,(H,33,38). The fourth-order valence-corrected chi connectivity index (χ4v) is 5.21. The topological polar surface area (TPSA) is 77.0 Å². The van der Waals surface area contributed by atoms with Gasteiger partial charge in [0.05, 0.1) is 5.69 Å². The van der Waals surface area contributed by atoms with Gasteiger partial charge in [-0.05, 0) is 67.4 Å². The van der Waals surface area contributed by atoms with Crippen molar-refractivity contribution in [1.29, 1.82) is 0 Å². The van der Waals surface area contributed by atoms with Crippen molar-refractivity contribution >= 4 is 45.4 Å². The highest BCUT2D eigenvalue weighted by Crippen LogP contribution is 2.35. The lowest BCUT2D eigenvalue weighted by Gasteiger charge is -2.33. The fourth-order valence-electron chi connectivity index (χ4n) is 5.21. The summed E-state index contributed by atoms with van der Waals surface area (Å²) >= 11 is 0. The number of fused-ring (bicyclic) bond motifs is 1. The average Bonchev–Trinajstić information content (AvgIpc) is 3.21. The molecule has 4 aromatic rings. The second-order valence-electron chi connectivity index (χ2n) is 9.66. The Labute approximate surface area is 229 Å². The molecule has 7 nitrogen and oxygen atoms in total.